The molecule has 0 saturated carbocycles. The van der Waals surface area contributed by atoms with Gasteiger partial charge in [-0.15, -0.1) is 0 Å². The topological polar surface area (TPSA) is 110 Å². The molecule has 2 N–H and O–H groups in total. The number of hydrogen-bond acceptors (Lipinski definition) is 5. The molecular formula is C16H14N2O5. The lowest BCUT2D eigenvalue weighted by molar-refractivity contribution is -0.384. The zero-order chi connectivity index (χ0) is 16.8. The van der Waals surface area contributed by atoms with Crippen molar-refractivity contribution < 1.29 is 19.6 Å². The zero-order valence-corrected chi connectivity index (χ0v) is 12.1. The van der Waals surface area contributed by atoms with Gasteiger partial charge in [-0.2, -0.15) is 0 Å². The van der Waals surface area contributed by atoms with E-state index in [2.05, 4.69) is 5.32 Å². The van der Waals surface area contributed by atoms with E-state index in [1.165, 1.54) is 18.2 Å². The minimum Gasteiger partial charge on any atom is -0.481 e. The summed E-state index contributed by atoms with van der Waals surface area (Å²) in [5, 5.41) is 22.5. The third-order valence-corrected chi connectivity index (χ3v) is 3.15. The summed E-state index contributed by atoms with van der Waals surface area (Å²) in [7, 11) is 0. The van der Waals surface area contributed by atoms with Crippen molar-refractivity contribution in [2.75, 3.05) is 11.9 Å². The number of nitro groups is 1. The zero-order valence-electron chi connectivity index (χ0n) is 12.1. The van der Waals surface area contributed by atoms with E-state index in [1.54, 1.807) is 30.3 Å². The maximum atomic E-state index is 12.3. The van der Waals surface area contributed by atoms with Gasteiger partial charge >= 0.3 is 5.97 Å². The second-order valence-electron chi connectivity index (χ2n) is 4.75. The number of ketones is 1. The molecule has 0 aliphatic rings. The lowest BCUT2D eigenvalue weighted by Gasteiger charge is -2.07. The summed E-state index contributed by atoms with van der Waals surface area (Å²) < 4.78 is 0. The number of benzene rings is 2. The van der Waals surface area contributed by atoms with Gasteiger partial charge in [-0.05, 0) is 12.1 Å². The van der Waals surface area contributed by atoms with Crippen LogP contribution in [0.5, 0.6) is 0 Å². The Morgan fingerprint density at radius 2 is 1.78 bits per heavy atom. The fraction of sp³-hybridized carbons (Fsp3) is 0.125. The number of carboxylic acids is 1. The normalized spacial score (nSPS) is 10.1. The van der Waals surface area contributed by atoms with Gasteiger partial charge in [-0.25, -0.2) is 0 Å². The van der Waals surface area contributed by atoms with E-state index in [0.29, 0.717) is 5.56 Å². The molecule has 2 aromatic carbocycles. The van der Waals surface area contributed by atoms with Crippen molar-refractivity contribution >= 4 is 23.1 Å². The molecule has 2 aromatic rings. The van der Waals surface area contributed by atoms with E-state index in [1.807, 2.05) is 0 Å². The van der Waals surface area contributed by atoms with Crippen molar-refractivity contribution in [3.63, 3.8) is 0 Å². The van der Waals surface area contributed by atoms with E-state index < -0.39 is 10.9 Å². The first kappa shape index (κ1) is 16.2. The second-order valence-corrected chi connectivity index (χ2v) is 4.75. The van der Waals surface area contributed by atoms with Gasteiger partial charge in [0, 0.05) is 23.7 Å². The molecular weight excluding hydrogens is 300 g/mol. The third kappa shape index (κ3) is 4.13. The predicted molar refractivity (Wildman–Crippen MR) is 83.7 cm³/mol. The quantitative estimate of drug-likeness (QED) is 0.462. The van der Waals surface area contributed by atoms with E-state index in [4.69, 9.17) is 5.11 Å². The lowest BCUT2D eigenvalue weighted by atomic mass is 10.0. The highest BCUT2D eigenvalue weighted by Gasteiger charge is 2.18. The highest BCUT2D eigenvalue weighted by molar-refractivity contribution is 6.09. The van der Waals surface area contributed by atoms with Crippen LogP contribution in [0.4, 0.5) is 11.4 Å². The van der Waals surface area contributed by atoms with Crippen molar-refractivity contribution in [3.8, 4) is 0 Å². The van der Waals surface area contributed by atoms with Crippen molar-refractivity contribution in [1.29, 1.82) is 0 Å². The lowest BCUT2D eigenvalue weighted by Crippen LogP contribution is -2.10. The van der Waals surface area contributed by atoms with Crippen molar-refractivity contribution in [2.45, 2.75) is 6.42 Å². The van der Waals surface area contributed by atoms with E-state index >= 15 is 0 Å². The van der Waals surface area contributed by atoms with Crippen LogP contribution in [0.2, 0.25) is 0 Å². The fourth-order valence-corrected chi connectivity index (χ4v) is 2.03. The molecule has 23 heavy (non-hydrogen) atoms. The van der Waals surface area contributed by atoms with Crippen molar-refractivity contribution in [1.82, 2.24) is 0 Å². The number of rotatable bonds is 7. The first-order valence-corrected chi connectivity index (χ1v) is 6.83. The van der Waals surface area contributed by atoms with Crippen LogP contribution in [0.1, 0.15) is 22.3 Å². The van der Waals surface area contributed by atoms with Crippen molar-refractivity contribution in [3.05, 3.63) is 69.8 Å². The molecule has 0 aliphatic heterocycles. The molecule has 0 aliphatic carbocycles. The van der Waals surface area contributed by atoms with Crippen LogP contribution < -0.4 is 5.32 Å². The van der Waals surface area contributed by atoms with Crippen molar-refractivity contribution in [2.24, 2.45) is 0 Å². The summed E-state index contributed by atoms with van der Waals surface area (Å²) in [5.41, 5.74) is 0.554. The first-order chi connectivity index (χ1) is 11.0. The largest absolute Gasteiger partial charge is 0.481 e. The summed E-state index contributed by atoms with van der Waals surface area (Å²) in [4.78, 5) is 33.4. The summed E-state index contributed by atoms with van der Waals surface area (Å²) in [5.74, 6) is -1.32. The van der Waals surface area contributed by atoms with Gasteiger partial charge in [0.05, 0.1) is 11.3 Å². The number of nitro benzene ring substituents is 1. The van der Waals surface area contributed by atoms with E-state index in [9.17, 15) is 19.7 Å². The van der Waals surface area contributed by atoms with Gasteiger partial charge in [0.2, 0.25) is 0 Å². The maximum absolute atomic E-state index is 12.3. The molecule has 7 heteroatoms. The van der Waals surface area contributed by atoms with Crippen LogP contribution in [-0.4, -0.2) is 28.3 Å². The number of hydrogen-bond donors (Lipinski definition) is 2. The molecule has 0 atom stereocenters. The number of carboxylic acid groups (broad SMARTS) is 1. The smallest absolute Gasteiger partial charge is 0.305 e. The molecule has 0 spiro atoms. The van der Waals surface area contributed by atoms with Gasteiger partial charge in [-0.1, -0.05) is 30.3 Å². The van der Waals surface area contributed by atoms with Gasteiger partial charge in [0.15, 0.2) is 5.78 Å². The minimum absolute atomic E-state index is 0.0577. The van der Waals surface area contributed by atoms with Crippen LogP contribution >= 0.6 is 0 Å². The number of nitrogens with zero attached hydrogens (tertiary/aromatic N) is 1. The fourth-order valence-electron chi connectivity index (χ4n) is 2.03. The van der Waals surface area contributed by atoms with Gasteiger partial charge < -0.3 is 10.4 Å². The Hall–Kier alpha value is -3.22. The molecule has 0 fully saturated rings. The van der Waals surface area contributed by atoms with Crippen LogP contribution in [-0.2, 0) is 4.79 Å². The second kappa shape index (κ2) is 7.17. The summed E-state index contributed by atoms with van der Waals surface area (Å²) in [6.07, 6.45) is -0.165. The molecule has 0 radical (unpaired) electrons. The van der Waals surface area contributed by atoms with E-state index in [-0.39, 0.29) is 35.7 Å². The highest BCUT2D eigenvalue weighted by Crippen LogP contribution is 2.26. The van der Waals surface area contributed by atoms with Crippen LogP contribution in [0, 0.1) is 10.1 Å². The molecule has 0 saturated heterocycles. The minimum atomic E-state index is -1.00. The Labute approximate surface area is 131 Å². The standard InChI is InChI=1S/C16H14N2O5/c19-15(20)8-9-17-13-7-6-12(10-14(13)18(22)23)16(21)11-4-2-1-3-5-11/h1-7,10,17H,8-9H2,(H,19,20). The van der Waals surface area contributed by atoms with Crippen LogP contribution in [0.25, 0.3) is 0 Å². The Morgan fingerprint density at radius 1 is 1.09 bits per heavy atom. The molecule has 118 valence electrons. The molecule has 0 amide bonds. The average Bonchev–Trinajstić information content (AvgIpc) is 2.54. The molecule has 0 unspecified atom stereocenters. The van der Waals surface area contributed by atoms with Gasteiger partial charge in [0.25, 0.3) is 5.69 Å². The number of aliphatic carboxylic acids is 1. The number of carbonyl (C=O) groups is 2. The molecule has 0 bridgehead atoms. The number of anilines is 1. The first-order valence-electron chi connectivity index (χ1n) is 6.83. The molecule has 0 heterocycles. The molecule has 7 nitrogen and oxygen atoms in total. The van der Waals surface area contributed by atoms with Gasteiger partial charge in [-0.3, -0.25) is 19.7 Å². The monoisotopic (exact) mass is 314 g/mol. The Kier molecular flexibility index (Phi) is 5.03. The van der Waals surface area contributed by atoms with Gasteiger partial charge in [0.1, 0.15) is 5.69 Å². The van der Waals surface area contributed by atoms with Crippen LogP contribution in [0.15, 0.2) is 48.5 Å². The predicted octanol–water partition coefficient (Wildman–Crippen LogP) is 2.71. The molecule has 0 aromatic heterocycles. The van der Waals surface area contributed by atoms with E-state index in [0.717, 1.165) is 0 Å². The average molecular weight is 314 g/mol. The number of nitrogens with one attached hydrogen (secondary N) is 1. The Bertz CT molecular complexity index is 743. The maximum Gasteiger partial charge on any atom is 0.305 e. The summed E-state index contributed by atoms with van der Waals surface area (Å²) >= 11 is 0. The summed E-state index contributed by atoms with van der Waals surface area (Å²) in [6.45, 7) is 0.0577. The highest BCUT2D eigenvalue weighted by atomic mass is 16.6. The Balaban J connectivity index is 2.27. The van der Waals surface area contributed by atoms with Crippen LogP contribution in [0.3, 0.4) is 0 Å². The number of carbonyl (C=O) groups excluding carboxylic acids is 1. The summed E-state index contributed by atoms with van der Waals surface area (Å²) in [6, 6.07) is 12.5. The molecule has 2 rings (SSSR count). The Morgan fingerprint density at radius 3 is 2.39 bits per heavy atom. The third-order valence-electron chi connectivity index (χ3n) is 3.15. The SMILES string of the molecule is O=C(O)CCNc1ccc(C(=O)c2ccccc2)cc1[N+](=O)[O-].